The zero-order valence-corrected chi connectivity index (χ0v) is 24.7. The molecule has 0 fully saturated rings. The highest BCUT2D eigenvalue weighted by molar-refractivity contribution is 7.92. The van der Waals surface area contributed by atoms with Crippen molar-refractivity contribution in [2.24, 2.45) is 0 Å². The number of hydrogen-bond acceptors (Lipinski definition) is 6. The fourth-order valence-corrected chi connectivity index (χ4v) is 5.16. The van der Waals surface area contributed by atoms with Crippen LogP contribution in [0.5, 0.6) is 11.5 Å². The van der Waals surface area contributed by atoms with Gasteiger partial charge in [0.15, 0.2) is 11.5 Å². The lowest BCUT2D eigenvalue weighted by Gasteiger charge is -2.34. The number of nitrogens with zero attached hydrogens (tertiary/aromatic N) is 2. The molecule has 0 spiro atoms. The Morgan fingerprint density at radius 1 is 0.902 bits per heavy atom. The van der Waals surface area contributed by atoms with Crippen LogP contribution in [0.15, 0.2) is 72.8 Å². The Bertz CT molecular complexity index is 1430. The zero-order chi connectivity index (χ0) is 30.2. The summed E-state index contributed by atoms with van der Waals surface area (Å²) in [5.74, 6) is -0.776. The SMILES string of the molecule is COc1ccc(N(CC(=O)N(Cc2ccc(F)cc2)C(Cc2ccccc2)C(=O)NC(C)C)S(C)(=O)=O)cc1OC. The van der Waals surface area contributed by atoms with Gasteiger partial charge in [0.2, 0.25) is 21.8 Å². The molecule has 1 N–H and O–H groups in total. The van der Waals surface area contributed by atoms with Gasteiger partial charge in [-0.05, 0) is 49.2 Å². The van der Waals surface area contributed by atoms with E-state index in [1.165, 1.54) is 55.5 Å². The molecule has 1 atom stereocenters. The lowest BCUT2D eigenvalue weighted by Crippen LogP contribution is -2.54. The second-order valence-corrected chi connectivity index (χ2v) is 11.7. The van der Waals surface area contributed by atoms with Crippen molar-refractivity contribution in [1.82, 2.24) is 10.2 Å². The minimum Gasteiger partial charge on any atom is -0.493 e. The number of hydrogen-bond donors (Lipinski definition) is 1. The van der Waals surface area contributed by atoms with Crippen LogP contribution in [-0.2, 0) is 32.6 Å². The minimum absolute atomic E-state index is 0.0499. The van der Waals surface area contributed by atoms with E-state index in [9.17, 15) is 22.4 Å². The largest absolute Gasteiger partial charge is 0.493 e. The second kappa shape index (κ2) is 14.0. The van der Waals surface area contributed by atoms with Gasteiger partial charge in [0.05, 0.1) is 26.2 Å². The quantitative estimate of drug-likeness (QED) is 0.328. The van der Waals surface area contributed by atoms with Gasteiger partial charge >= 0.3 is 0 Å². The van der Waals surface area contributed by atoms with Crippen molar-refractivity contribution in [3.05, 3.63) is 89.7 Å². The molecule has 3 rings (SSSR count). The molecule has 0 aliphatic carbocycles. The van der Waals surface area contributed by atoms with E-state index in [1.807, 2.05) is 44.2 Å². The maximum atomic E-state index is 14.1. The average molecular weight is 586 g/mol. The summed E-state index contributed by atoms with van der Waals surface area (Å²) in [6.07, 6.45) is 1.18. The van der Waals surface area contributed by atoms with Gasteiger partial charge in [0.25, 0.3) is 0 Å². The van der Waals surface area contributed by atoms with Gasteiger partial charge in [0, 0.05) is 25.1 Å². The first-order valence-corrected chi connectivity index (χ1v) is 14.9. The number of amides is 2. The summed E-state index contributed by atoms with van der Waals surface area (Å²) >= 11 is 0. The fraction of sp³-hybridized carbons (Fsp3) is 0.333. The maximum Gasteiger partial charge on any atom is 0.244 e. The molecule has 3 aromatic carbocycles. The van der Waals surface area contributed by atoms with E-state index in [4.69, 9.17) is 9.47 Å². The third-order valence-corrected chi connectivity index (χ3v) is 7.44. The minimum atomic E-state index is -3.95. The topological polar surface area (TPSA) is 105 Å². The maximum absolute atomic E-state index is 14.1. The molecule has 11 heteroatoms. The van der Waals surface area contributed by atoms with Crippen LogP contribution in [0, 0.1) is 5.82 Å². The van der Waals surface area contributed by atoms with Crippen LogP contribution in [0.3, 0.4) is 0 Å². The summed E-state index contributed by atoms with van der Waals surface area (Å²) < 4.78 is 51.1. The van der Waals surface area contributed by atoms with Crippen LogP contribution in [-0.4, -0.2) is 64.2 Å². The fourth-order valence-electron chi connectivity index (χ4n) is 4.31. The normalized spacial score (nSPS) is 12.0. The molecule has 3 aromatic rings. The van der Waals surface area contributed by atoms with Crippen molar-refractivity contribution in [2.45, 2.75) is 38.9 Å². The van der Waals surface area contributed by atoms with Crippen LogP contribution in [0.25, 0.3) is 0 Å². The molecular formula is C30H36FN3O6S. The number of sulfonamides is 1. The van der Waals surface area contributed by atoms with E-state index in [1.54, 1.807) is 6.07 Å². The molecule has 220 valence electrons. The van der Waals surface area contributed by atoms with Crippen molar-refractivity contribution in [2.75, 3.05) is 31.3 Å². The lowest BCUT2D eigenvalue weighted by atomic mass is 10.0. The van der Waals surface area contributed by atoms with Gasteiger partial charge in [-0.25, -0.2) is 12.8 Å². The molecule has 9 nitrogen and oxygen atoms in total. The lowest BCUT2D eigenvalue weighted by molar-refractivity contribution is -0.140. The summed E-state index contributed by atoms with van der Waals surface area (Å²) in [5, 5.41) is 2.88. The summed E-state index contributed by atoms with van der Waals surface area (Å²) in [5.41, 5.74) is 1.58. The Morgan fingerprint density at radius 2 is 1.54 bits per heavy atom. The first-order chi connectivity index (χ1) is 19.4. The Balaban J connectivity index is 2.07. The predicted octanol–water partition coefficient (Wildman–Crippen LogP) is 3.77. The smallest absolute Gasteiger partial charge is 0.244 e. The first kappa shape index (κ1) is 31.4. The second-order valence-electron chi connectivity index (χ2n) is 9.83. The molecule has 0 aliphatic heterocycles. The third kappa shape index (κ3) is 8.68. The summed E-state index contributed by atoms with van der Waals surface area (Å²) in [7, 11) is -1.08. The van der Waals surface area contributed by atoms with Crippen molar-refractivity contribution in [3.63, 3.8) is 0 Å². The van der Waals surface area contributed by atoms with E-state index in [-0.39, 0.29) is 30.4 Å². The summed E-state index contributed by atoms with van der Waals surface area (Å²) in [6.45, 7) is 2.99. The van der Waals surface area contributed by atoms with Crippen molar-refractivity contribution in [3.8, 4) is 11.5 Å². The molecule has 0 aromatic heterocycles. The molecule has 0 saturated carbocycles. The number of carbonyl (C=O) groups is 2. The van der Waals surface area contributed by atoms with Gasteiger partial charge < -0.3 is 19.7 Å². The number of methoxy groups -OCH3 is 2. The Hall–Kier alpha value is -4.12. The van der Waals surface area contributed by atoms with Gasteiger partial charge in [0.1, 0.15) is 18.4 Å². The zero-order valence-electron chi connectivity index (χ0n) is 23.8. The third-order valence-electron chi connectivity index (χ3n) is 6.30. The first-order valence-electron chi connectivity index (χ1n) is 13.0. The Kier molecular flexibility index (Phi) is 10.7. The van der Waals surface area contributed by atoms with Gasteiger partial charge in [-0.2, -0.15) is 0 Å². The highest BCUT2D eigenvalue weighted by Gasteiger charge is 2.33. The van der Waals surface area contributed by atoms with Crippen LogP contribution < -0.4 is 19.1 Å². The molecule has 0 radical (unpaired) electrons. The van der Waals surface area contributed by atoms with E-state index < -0.39 is 40.2 Å². The number of anilines is 1. The number of halogens is 1. The average Bonchev–Trinajstić information content (AvgIpc) is 2.93. The van der Waals surface area contributed by atoms with Crippen LogP contribution >= 0.6 is 0 Å². The summed E-state index contributed by atoms with van der Waals surface area (Å²) in [4.78, 5) is 28.9. The van der Waals surface area contributed by atoms with Crippen LogP contribution in [0.4, 0.5) is 10.1 Å². The number of carbonyl (C=O) groups excluding carboxylic acids is 2. The van der Waals surface area contributed by atoms with Crippen molar-refractivity contribution in [1.29, 1.82) is 0 Å². The number of rotatable bonds is 13. The van der Waals surface area contributed by atoms with E-state index in [0.717, 1.165) is 16.1 Å². The number of nitrogens with one attached hydrogen (secondary N) is 1. The van der Waals surface area contributed by atoms with Gasteiger partial charge in [-0.1, -0.05) is 42.5 Å². The highest BCUT2D eigenvalue weighted by atomic mass is 32.2. The molecule has 0 aliphatic rings. The van der Waals surface area contributed by atoms with Gasteiger partial charge in [-0.15, -0.1) is 0 Å². The van der Waals surface area contributed by atoms with E-state index in [2.05, 4.69) is 5.32 Å². The molecule has 0 saturated heterocycles. The van der Waals surface area contributed by atoms with Gasteiger partial charge in [-0.3, -0.25) is 13.9 Å². The van der Waals surface area contributed by atoms with Crippen LogP contribution in [0.2, 0.25) is 0 Å². The number of ether oxygens (including phenoxy) is 2. The molecule has 0 bridgehead atoms. The predicted molar refractivity (Wildman–Crippen MR) is 156 cm³/mol. The summed E-state index contributed by atoms with van der Waals surface area (Å²) in [6, 6.07) is 18.1. The molecule has 0 heterocycles. The molecule has 1 unspecified atom stereocenters. The van der Waals surface area contributed by atoms with E-state index >= 15 is 0 Å². The molecular weight excluding hydrogens is 549 g/mol. The molecule has 41 heavy (non-hydrogen) atoms. The van der Waals surface area contributed by atoms with Crippen LogP contribution in [0.1, 0.15) is 25.0 Å². The Morgan fingerprint density at radius 3 is 2.10 bits per heavy atom. The van der Waals surface area contributed by atoms with Crippen molar-refractivity contribution >= 4 is 27.5 Å². The molecule has 2 amide bonds. The monoisotopic (exact) mass is 585 g/mol. The Labute approximate surface area is 240 Å². The highest BCUT2D eigenvalue weighted by Crippen LogP contribution is 2.32. The van der Waals surface area contributed by atoms with Crippen molar-refractivity contribution < 1.29 is 31.9 Å². The number of benzene rings is 3. The standard InChI is InChI=1S/C30H36FN3O6S/c1-21(2)32-30(36)26(17-22-9-7-6-8-10-22)33(19-23-11-13-24(31)14-12-23)29(35)20-34(41(5,37)38)25-15-16-27(39-3)28(18-25)40-4/h6-16,18,21,26H,17,19-20H2,1-5H3,(H,32,36). The van der Waals surface area contributed by atoms with E-state index in [0.29, 0.717) is 11.3 Å².